The first-order valence-electron chi connectivity index (χ1n) is 4.69. The molecular weight excluding hydrogens is 200 g/mol. The molecule has 1 rings (SSSR count). The minimum atomic E-state index is -0.0677. The van der Waals surface area contributed by atoms with Gasteiger partial charge in [0, 0.05) is 12.3 Å². The molecule has 0 saturated heterocycles. The Morgan fingerprint density at radius 2 is 2.21 bits per heavy atom. The Morgan fingerprint density at radius 3 is 2.79 bits per heavy atom. The summed E-state index contributed by atoms with van der Waals surface area (Å²) < 4.78 is 5.41. The molecule has 3 nitrogen and oxygen atoms in total. The summed E-state index contributed by atoms with van der Waals surface area (Å²) in [5.41, 5.74) is 1.78. The van der Waals surface area contributed by atoms with E-state index in [0.717, 1.165) is 11.4 Å². The minimum Gasteiger partial charge on any atom is -0.371 e. The van der Waals surface area contributed by atoms with Crippen molar-refractivity contribution < 1.29 is 4.74 Å². The quantitative estimate of drug-likeness (QED) is 0.723. The summed E-state index contributed by atoms with van der Waals surface area (Å²) in [5, 5.41) is 0. The molecule has 0 amide bonds. The first-order chi connectivity index (χ1) is 6.67. The molecule has 0 aliphatic heterocycles. The topological polar surface area (TPSA) is 35.0 Å². The van der Waals surface area contributed by atoms with Crippen LogP contribution in [0, 0.1) is 6.92 Å². The SMILES string of the molecule is CCOC(C)c1nc(C)cc(CCl)n1. The number of aromatic nitrogens is 2. The van der Waals surface area contributed by atoms with Crippen LogP contribution in [0.25, 0.3) is 0 Å². The fourth-order valence-electron chi connectivity index (χ4n) is 1.23. The zero-order valence-electron chi connectivity index (χ0n) is 8.75. The van der Waals surface area contributed by atoms with Gasteiger partial charge in [-0.1, -0.05) is 0 Å². The molecule has 0 N–H and O–H groups in total. The van der Waals surface area contributed by atoms with E-state index in [1.807, 2.05) is 26.8 Å². The highest BCUT2D eigenvalue weighted by molar-refractivity contribution is 6.16. The van der Waals surface area contributed by atoms with Gasteiger partial charge in [0.2, 0.25) is 0 Å². The third-order valence-electron chi connectivity index (χ3n) is 1.84. The number of aryl methyl sites for hydroxylation is 1. The van der Waals surface area contributed by atoms with E-state index in [1.165, 1.54) is 0 Å². The van der Waals surface area contributed by atoms with E-state index in [4.69, 9.17) is 16.3 Å². The number of ether oxygens (including phenoxy) is 1. The Labute approximate surface area is 89.5 Å². The molecule has 0 aliphatic rings. The largest absolute Gasteiger partial charge is 0.371 e. The lowest BCUT2D eigenvalue weighted by atomic mass is 10.3. The third kappa shape index (κ3) is 2.93. The second-order valence-electron chi connectivity index (χ2n) is 3.09. The van der Waals surface area contributed by atoms with Crippen LogP contribution in [0.5, 0.6) is 0 Å². The van der Waals surface area contributed by atoms with Gasteiger partial charge in [0.05, 0.1) is 11.6 Å². The van der Waals surface area contributed by atoms with Gasteiger partial charge in [-0.25, -0.2) is 9.97 Å². The van der Waals surface area contributed by atoms with Gasteiger partial charge in [0.15, 0.2) is 5.82 Å². The summed E-state index contributed by atoms with van der Waals surface area (Å²) in [6.07, 6.45) is -0.0677. The maximum absolute atomic E-state index is 5.72. The lowest BCUT2D eigenvalue weighted by Gasteiger charge is -2.11. The molecule has 78 valence electrons. The van der Waals surface area contributed by atoms with Gasteiger partial charge >= 0.3 is 0 Å². The van der Waals surface area contributed by atoms with Gasteiger partial charge < -0.3 is 4.74 Å². The first kappa shape index (κ1) is 11.4. The second kappa shape index (κ2) is 5.27. The number of hydrogen-bond acceptors (Lipinski definition) is 3. The zero-order chi connectivity index (χ0) is 10.6. The third-order valence-corrected chi connectivity index (χ3v) is 2.12. The number of nitrogens with zero attached hydrogens (tertiary/aromatic N) is 2. The van der Waals surface area contributed by atoms with Crippen molar-refractivity contribution in [3.63, 3.8) is 0 Å². The lowest BCUT2D eigenvalue weighted by Crippen LogP contribution is -2.07. The second-order valence-corrected chi connectivity index (χ2v) is 3.36. The number of halogens is 1. The summed E-state index contributed by atoms with van der Waals surface area (Å²) >= 11 is 5.72. The molecule has 1 aromatic heterocycles. The van der Waals surface area contributed by atoms with Crippen LogP contribution in [0.2, 0.25) is 0 Å². The van der Waals surface area contributed by atoms with Crippen molar-refractivity contribution in [2.75, 3.05) is 6.61 Å². The summed E-state index contributed by atoms with van der Waals surface area (Å²) in [5.74, 6) is 1.12. The van der Waals surface area contributed by atoms with Crippen molar-refractivity contribution in [1.82, 2.24) is 9.97 Å². The Hall–Kier alpha value is -0.670. The van der Waals surface area contributed by atoms with E-state index < -0.39 is 0 Å². The van der Waals surface area contributed by atoms with Gasteiger partial charge in [-0.3, -0.25) is 0 Å². The summed E-state index contributed by atoms with van der Waals surface area (Å²) in [4.78, 5) is 8.61. The van der Waals surface area contributed by atoms with Crippen molar-refractivity contribution in [2.24, 2.45) is 0 Å². The van der Waals surface area contributed by atoms with Gasteiger partial charge in [-0.15, -0.1) is 11.6 Å². The standard InChI is InChI=1S/C10H15ClN2O/c1-4-14-8(3)10-12-7(2)5-9(6-11)13-10/h5,8H,4,6H2,1-3H3. The van der Waals surface area contributed by atoms with Gasteiger partial charge in [-0.05, 0) is 26.8 Å². The zero-order valence-corrected chi connectivity index (χ0v) is 9.51. The van der Waals surface area contributed by atoms with E-state index in [-0.39, 0.29) is 6.10 Å². The highest BCUT2D eigenvalue weighted by atomic mass is 35.5. The summed E-state index contributed by atoms with van der Waals surface area (Å²) in [7, 11) is 0. The fourth-order valence-corrected chi connectivity index (χ4v) is 1.37. The Balaban J connectivity index is 2.90. The molecule has 0 fully saturated rings. The van der Waals surface area contributed by atoms with Crippen molar-refractivity contribution in [2.45, 2.75) is 32.8 Å². The lowest BCUT2D eigenvalue weighted by molar-refractivity contribution is 0.0698. The normalized spacial score (nSPS) is 12.9. The summed E-state index contributed by atoms with van der Waals surface area (Å²) in [6.45, 7) is 6.49. The molecule has 14 heavy (non-hydrogen) atoms. The van der Waals surface area contributed by atoms with E-state index >= 15 is 0 Å². The van der Waals surface area contributed by atoms with E-state index in [2.05, 4.69) is 9.97 Å². The van der Waals surface area contributed by atoms with Crippen LogP contribution in [0.15, 0.2) is 6.07 Å². The fraction of sp³-hybridized carbons (Fsp3) is 0.600. The molecule has 0 aromatic carbocycles. The molecule has 1 aromatic rings. The number of alkyl halides is 1. The smallest absolute Gasteiger partial charge is 0.157 e. The van der Waals surface area contributed by atoms with E-state index in [1.54, 1.807) is 0 Å². The average molecular weight is 215 g/mol. The van der Waals surface area contributed by atoms with Crippen molar-refractivity contribution >= 4 is 11.6 Å². The highest BCUT2D eigenvalue weighted by Gasteiger charge is 2.09. The van der Waals surface area contributed by atoms with Crippen LogP contribution in [0.1, 0.15) is 37.2 Å². The van der Waals surface area contributed by atoms with Crippen LogP contribution >= 0.6 is 11.6 Å². The predicted octanol–water partition coefficient (Wildman–Crippen LogP) is 2.62. The highest BCUT2D eigenvalue weighted by Crippen LogP contribution is 2.13. The van der Waals surface area contributed by atoms with Gasteiger partial charge in [0.25, 0.3) is 0 Å². The Kier molecular flexibility index (Phi) is 4.29. The van der Waals surface area contributed by atoms with Crippen LogP contribution in [-0.2, 0) is 10.6 Å². The summed E-state index contributed by atoms with van der Waals surface area (Å²) in [6, 6.07) is 1.88. The van der Waals surface area contributed by atoms with E-state index in [0.29, 0.717) is 18.3 Å². The van der Waals surface area contributed by atoms with Crippen molar-refractivity contribution in [1.29, 1.82) is 0 Å². The van der Waals surface area contributed by atoms with Crippen LogP contribution < -0.4 is 0 Å². The Morgan fingerprint density at radius 1 is 1.50 bits per heavy atom. The molecule has 0 saturated carbocycles. The van der Waals surface area contributed by atoms with Crippen LogP contribution in [0.3, 0.4) is 0 Å². The maximum Gasteiger partial charge on any atom is 0.157 e. The molecule has 0 aliphatic carbocycles. The molecular formula is C10H15ClN2O. The maximum atomic E-state index is 5.72. The number of rotatable bonds is 4. The molecule has 0 spiro atoms. The average Bonchev–Trinajstić information content (AvgIpc) is 2.17. The van der Waals surface area contributed by atoms with Gasteiger partial charge in [0.1, 0.15) is 6.10 Å². The van der Waals surface area contributed by atoms with Crippen LogP contribution in [-0.4, -0.2) is 16.6 Å². The number of hydrogen-bond donors (Lipinski definition) is 0. The van der Waals surface area contributed by atoms with Crippen molar-refractivity contribution in [3.05, 3.63) is 23.3 Å². The molecule has 0 radical (unpaired) electrons. The molecule has 1 heterocycles. The van der Waals surface area contributed by atoms with E-state index in [9.17, 15) is 0 Å². The van der Waals surface area contributed by atoms with Crippen LogP contribution in [0.4, 0.5) is 0 Å². The van der Waals surface area contributed by atoms with Crippen molar-refractivity contribution in [3.8, 4) is 0 Å². The molecule has 4 heteroatoms. The first-order valence-corrected chi connectivity index (χ1v) is 5.22. The minimum absolute atomic E-state index is 0.0677. The Bertz CT molecular complexity index is 304. The monoisotopic (exact) mass is 214 g/mol. The molecule has 1 atom stereocenters. The predicted molar refractivity (Wildman–Crippen MR) is 56.4 cm³/mol. The molecule has 0 bridgehead atoms. The molecule has 1 unspecified atom stereocenters. The van der Waals surface area contributed by atoms with Gasteiger partial charge in [-0.2, -0.15) is 0 Å².